The first-order valence-electron chi connectivity index (χ1n) is 11.2. The van der Waals surface area contributed by atoms with Gasteiger partial charge in [0, 0.05) is 25.1 Å². The number of fused-ring (bicyclic) bond motifs is 1. The van der Waals surface area contributed by atoms with Gasteiger partial charge in [0.25, 0.3) is 0 Å². The summed E-state index contributed by atoms with van der Waals surface area (Å²) >= 11 is 1.73. The van der Waals surface area contributed by atoms with E-state index >= 15 is 0 Å². The van der Waals surface area contributed by atoms with Crippen molar-refractivity contribution in [2.24, 2.45) is 5.73 Å². The van der Waals surface area contributed by atoms with Crippen LogP contribution >= 0.6 is 11.3 Å². The molecular formula is C26H31N3OS. The Morgan fingerprint density at radius 1 is 1.16 bits per heavy atom. The molecule has 3 aromatic rings. The highest BCUT2D eigenvalue weighted by Gasteiger charge is 2.26. The summed E-state index contributed by atoms with van der Waals surface area (Å²) < 4.78 is 7.91. The van der Waals surface area contributed by atoms with Crippen LogP contribution in [-0.4, -0.2) is 42.7 Å². The number of hydrogen-bond donors (Lipinski definition) is 1. The lowest BCUT2D eigenvalue weighted by Gasteiger charge is -2.31. The number of hydrogen-bond acceptors (Lipinski definition) is 5. The predicted molar refractivity (Wildman–Crippen MR) is 129 cm³/mol. The van der Waals surface area contributed by atoms with Crippen molar-refractivity contribution in [2.75, 3.05) is 26.7 Å². The average molecular weight is 434 g/mol. The maximum atomic E-state index is 6.71. The second kappa shape index (κ2) is 10.9. The molecule has 0 saturated carbocycles. The quantitative estimate of drug-likeness (QED) is 0.422. The van der Waals surface area contributed by atoms with Gasteiger partial charge in [0.1, 0.15) is 11.1 Å². The Morgan fingerprint density at radius 2 is 2.00 bits per heavy atom. The molecule has 1 unspecified atom stereocenters. The van der Waals surface area contributed by atoms with E-state index in [1.807, 2.05) is 6.07 Å². The molecule has 1 fully saturated rings. The third-order valence-electron chi connectivity index (χ3n) is 5.71. The zero-order chi connectivity index (χ0) is 21.5. The molecule has 4 nitrogen and oxygen atoms in total. The molecule has 1 atom stereocenters. The van der Waals surface area contributed by atoms with E-state index in [4.69, 9.17) is 15.5 Å². The highest BCUT2D eigenvalue weighted by atomic mass is 32.1. The van der Waals surface area contributed by atoms with Crippen LogP contribution < -0.4 is 5.73 Å². The maximum absolute atomic E-state index is 6.71. The van der Waals surface area contributed by atoms with E-state index in [1.165, 1.54) is 4.70 Å². The molecule has 5 heteroatoms. The van der Waals surface area contributed by atoms with Crippen LogP contribution in [-0.2, 0) is 4.74 Å². The Labute approximate surface area is 189 Å². The second-order valence-electron chi connectivity index (χ2n) is 8.21. The number of likely N-dealkylation sites (tertiary alicyclic amines) is 1. The van der Waals surface area contributed by atoms with Gasteiger partial charge in [-0.15, -0.1) is 11.3 Å². The molecule has 1 aromatic heterocycles. The number of para-hydroxylation sites is 1. The van der Waals surface area contributed by atoms with Crippen molar-refractivity contribution in [3.63, 3.8) is 0 Å². The standard InChI is InChI=1S/C26H31N3OS/c1-29-17-14-22(15-18-29)30-25(26-28-23-12-5-6-13-24(23)31-26)21-11-8-10-20(19-21)9-4-2-3-7-16-27/h5-6,8,10-13,19,22,25H,2-3,7,14-18,27H2,1H3. The molecule has 0 amide bonds. The highest BCUT2D eigenvalue weighted by Crippen LogP contribution is 2.35. The second-order valence-corrected chi connectivity index (χ2v) is 9.27. The van der Waals surface area contributed by atoms with Crippen molar-refractivity contribution in [1.29, 1.82) is 0 Å². The lowest BCUT2D eigenvalue weighted by molar-refractivity contribution is -0.0234. The average Bonchev–Trinajstić information content (AvgIpc) is 3.23. The molecule has 2 N–H and O–H groups in total. The van der Waals surface area contributed by atoms with Gasteiger partial charge < -0.3 is 15.4 Å². The minimum absolute atomic E-state index is 0.162. The summed E-state index contributed by atoms with van der Waals surface area (Å²) in [4.78, 5) is 7.30. The van der Waals surface area contributed by atoms with Gasteiger partial charge in [0.05, 0.1) is 16.3 Å². The van der Waals surface area contributed by atoms with Gasteiger partial charge in [-0.3, -0.25) is 0 Å². The zero-order valence-electron chi connectivity index (χ0n) is 18.2. The Bertz CT molecular complexity index is 1010. The number of thiazole rings is 1. The van der Waals surface area contributed by atoms with Gasteiger partial charge in [-0.25, -0.2) is 4.98 Å². The van der Waals surface area contributed by atoms with Crippen LogP contribution in [0.5, 0.6) is 0 Å². The summed E-state index contributed by atoms with van der Waals surface area (Å²) in [6, 6.07) is 16.8. The number of benzene rings is 2. The SMILES string of the molecule is CN1CCC(OC(c2cccc(C#CCCCCN)c2)c2nc3ccccc3s2)CC1. The summed E-state index contributed by atoms with van der Waals surface area (Å²) in [7, 11) is 2.18. The van der Waals surface area contributed by atoms with E-state index in [1.54, 1.807) is 11.3 Å². The number of ether oxygens (including phenoxy) is 1. The Hall–Kier alpha value is -2.23. The van der Waals surface area contributed by atoms with E-state index in [-0.39, 0.29) is 12.2 Å². The van der Waals surface area contributed by atoms with Crippen molar-refractivity contribution in [1.82, 2.24) is 9.88 Å². The predicted octanol–water partition coefficient (Wildman–Crippen LogP) is 4.98. The Balaban J connectivity index is 1.60. The van der Waals surface area contributed by atoms with Gasteiger partial charge in [-0.2, -0.15) is 0 Å². The fraction of sp³-hybridized carbons (Fsp3) is 0.423. The maximum Gasteiger partial charge on any atom is 0.134 e. The monoisotopic (exact) mass is 433 g/mol. The fourth-order valence-electron chi connectivity index (χ4n) is 3.90. The minimum atomic E-state index is -0.162. The zero-order valence-corrected chi connectivity index (χ0v) is 19.0. The normalized spacial score (nSPS) is 16.2. The third kappa shape index (κ3) is 5.93. The van der Waals surface area contributed by atoms with Crippen LogP contribution in [0.3, 0.4) is 0 Å². The van der Waals surface area contributed by atoms with Crippen LogP contribution in [0, 0.1) is 11.8 Å². The Kier molecular flexibility index (Phi) is 7.71. The summed E-state index contributed by atoms with van der Waals surface area (Å²) in [5.41, 5.74) is 8.77. The summed E-state index contributed by atoms with van der Waals surface area (Å²) in [5.74, 6) is 6.60. The van der Waals surface area contributed by atoms with Crippen molar-refractivity contribution < 1.29 is 4.74 Å². The lowest BCUT2D eigenvalue weighted by Crippen LogP contribution is -2.35. The van der Waals surface area contributed by atoms with Gasteiger partial charge in [-0.05, 0) is 69.1 Å². The molecule has 0 spiro atoms. The Morgan fingerprint density at radius 3 is 2.81 bits per heavy atom. The smallest absolute Gasteiger partial charge is 0.134 e. The van der Waals surface area contributed by atoms with E-state index < -0.39 is 0 Å². The first kappa shape index (κ1) is 22.0. The van der Waals surface area contributed by atoms with Crippen LogP contribution in [0.4, 0.5) is 0 Å². The molecule has 0 aliphatic carbocycles. The van der Waals surface area contributed by atoms with Crippen LogP contribution in [0.1, 0.15) is 54.3 Å². The van der Waals surface area contributed by atoms with Crippen LogP contribution in [0.25, 0.3) is 10.2 Å². The van der Waals surface area contributed by atoms with Crippen molar-refractivity contribution in [2.45, 2.75) is 44.3 Å². The van der Waals surface area contributed by atoms with E-state index in [0.29, 0.717) is 0 Å². The molecule has 31 heavy (non-hydrogen) atoms. The number of nitrogens with zero attached hydrogens (tertiary/aromatic N) is 2. The number of unbranched alkanes of at least 4 members (excludes halogenated alkanes) is 2. The number of rotatable bonds is 7. The van der Waals surface area contributed by atoms with E-state index in [2.05, 4.69) is 66.3 Å². The van der Waals surface area contributed by atoms with Crippen molar-refractivity contribution in [3.8, 4) is 11.8 Å². The van der Waals surface area contributed by atoms with Gasteiger partial charge in [-0.1, -0.05) is 36.1 Å². The van der Waals surface area contributed by atoms with Crippen LogP contribution in [0.2, 0.25) is 0 Å². The molecule has 0 bridgehead atoms. The first-order valence-corrected chi connectivity index (χ1v) is 12.0. The third-order valence-corrected chi connectivity index (χ3v) is 6.79. The first-order chi connectivity index (χ1) is 15.2. The molecule has 0 radical (unpaired) electrons. The molecular weight excluding hydrogens is 402 g/mol. The van der Waals surface area contributed by atoms with Gasteiger partial charge >= 0.3 is 0 Å². The topological polar surface area (TPSA) is 51.4 Å². The molecule has 4 rings (SSSR count). The number of aromatic nitrogens is 1. The molecule has 2 aromatic carbocycles. The summed E-state index contributed by atoms with van der Waals surface area (Å²) in [5, 5.41) is 1.02. The highest BCUT2D eigenvalue weighted by molar-refractivity contribution is 7.18. The van der Waals surface area contributed by atoms with Gasteiger partial charge in [0.15, 0.2) is 0 Å². The minimum Gasteiger partial charge on any atom is -0.363 e. The molecule has 162 valence electrons. The van der Waals surface area contributed by atoms with Gasteiger partial charge in [0.2, 0.25) is 0 Å². The largest absolute Gasteiger partial charge is 0.363 e. The molecule has 1 aliphatic rings. The number of piperidine rings is 1. The van der Waals surface area contributed by atoms with E-state index in [0.717, 1.165) is 73.4 Å². The molecule has 1 aliphatic heterocycles. The molecule has 2 heterocycles. The number of nitrogens with two attached hydrogens (primary N) is 1. The van der Waals surface area contributed by atoms with Crippen molar-refractivity contribution >= 4 is 21.6 Å². The van der Waals surface area contributed by atoms with Crippen LogP contribution in [0.15, 0.2) is 48.5 Å². The summed E-state index contributed by atoms with van der Waals surface area (Å²) in [6.45, 7) is 2.88. The molecule has 1 saturated heterocycles. The lowest BCUT2D eigenvalue weighted by atomic mass is 10.0. The fourth-order valence-corrected chi connectivity index (χ4v) is 4.93. The van der Waals surface area contributed by atoms with Crippen molar-refractivity contribution in [3.05, 3.63) is 64.7 Å². The summed E-state index contributed by atoms with van der Waals surface area (Å²) in [6.07, 6.45) is 5.16. The van der Waals surface area contributed by atoms with E-state index in [9.17, 15) is 0 Å².